The summed E-state index contributed by atoms with van der Waals surface area (Å²) >= 11 is 0. The Hall–Kier alpha value is -3.24. The number of amides is 1. The highest BCUT2D eigenvalue weighted by Crippen LogP contribution is 2.32. The van der Waals surface area contributed by atoms with Crippen LogP contribution in [0.5, 0.6) is 17.2 Å². The number of nitrogens with zero attached hydrogens (tertiary/aromatic N) is 2. The van der Waals surface area contributed by atoms with Crippen LogP contribution in [0.4, 0.5) is 0 Å². The highest BCUT2D eigenvalue weighted by atomic mass is 32.2. The molecule has 2 aromatic carbocycles. The van der Waals surface area contributed by atoms with Gasteiger partial charge in [-0.05, 0) is 37.3 Å². The fourth-order valence-corrected chi connectivity index (χ4v) is 5.37. The van der Waals surface area contributed by atoms with Gasteiger partial charge in [0.05, 0.1) is 26.2 Å². The molecule has 1 aliphatic heterocycles. The van der Waals surface area contributed by atoms with Gasteiger partial charge in [0, 0.05) is 43.2 Å². The van der Waals surface area contributed by atoms with Crippen LogP contribution in [0.15, 0.2) is 45.7 Å². The molecule has 0 saturated carbocycles. The fourth-order valence-electron chi connectivity index (χ4n) is 3.93. The molecule has 1 amide bonds. The molecule has 1 aliphatic rings. The van der Waals surface area contributed by atoms with Crippen molar-refractivity contribution < 1.29 is 31.8 Å². The number of hydrogen-bond acceptors (Lipinski definition) is 7. The van der Waals surface area contributed by atoms with Gasteiger partial charge in [-0.25, -0.2) is 8.42 Å². The molecule has 0 unspecified atom stereocenters. The normalized spacial score (nSPS) is 15.0. The monoisotopic (exact) mass is 474 g/mol. The summed E-state index contributed by atoms with van der Waals surface area (Å²) in [5, 5.41) is 0.812. The lowest BCUT2D eigenvalue weighted by molar-refractivity contribution is 0.0667. The van der Waals surface area contributed by atoms with Gasteiger partial charge in [-0.3, -0.25) is 4.79 Å². The molecule has 0 atom stereocenters. The Bertz CT molecular complexity index is 1290. The van der Waals surface area contributed by atoms with Crippen molar-refractivity contribution in [1.82, 2.24) is 9.21 Å². The smallest absolute Gasteiger partial charge is 0.289 e. The quantitative estimate of drug-likeness (QED) is 0.542. The van der Waals surface area contributed by atoms with Crippen molar-refractivity contribution in [1.29, 1.82) is 0 Å². The Kier molecular flexibility index (Phi) is 6.22. The van der Waals surface area contributed by atoms with Crippen LogP contribution in [0.1, 0.15) is 16.1 Å². The Morgan fingerprint density at radius 1 is 0.909 bits per heavy atom. The fraction of sp³-hybridized carbons (Fsp3) is 0.348. The van der Waals surface area contributed by atoms with Crippen molar-refractivity contribution in [3.63, 3.8) is 0 Å². The molecular weight excluding hydrogens is 448 g/mol. The maximum Gasteiger partial charge on any atom is 0.289 e. The van der Waals surface area contributed by atoms with Crippen LogP contribution >= 0.6 is 0 Å². The number of benzene rings is 2. The highest BCUT2D eigenvalue weighted by Gasteiger charge is 2.32. The van der Waals surface area contributed by atoms with Crippen LogP contribution in [-0.4, -0.2) is 71.0 Å². The van der Waals surface area contributed by atoms with Crippen LogP contribution in [0.2, 0.25) is 0 Å². The minimum atomic E-state index is -3.75. The van der Waals surface area contributed by atoms with Gasteiger partial charge in [0.25, 0.3) is 5.91 Å². The number of methoxy groups -OCH3 is 3. The number of rotatable bonds is 6. The molecule has 0 radical (unpaired) electrons. The Balaban J connectivity index is 1.50. The minimum Gasteiger partial charge on any atom is -0.497 e. The van der Waals surface area contributed by atoms with Crippen molar-refractivity contribution in [2.24, 2.45) is 0 Å². The third kappa shape index (κ3) is 4.11. The van der Waals surface area contributed by atoms with Crippen molar-refractivity contribution >= 4 is 26.9 Å². The van der Waals surface area contributed by atoms with Gasteiger partial charge in [0.15, 0.2) is 17.3 Å². The number of hydrogen-bond donors (Lipinski definition) is 0. The molecular formula is C23H26N2O7S. The number of furan rings is 1. The van der Waals surface area contributed by atoms with E-state index in [1.165, 1.54) is 30.7 Å². The predicted molar refractivity (Wildman–Crippen MR) is 122 cm³/mol. The highest BCUT2D eigenvalue weighted by molar-refractivity contribution is 7.89. The molecule has 9 nitrogen and oxygen atoms in total. The maximum absolute atomic E-state index is 13.1. The minimum absolute atomic E-state index is 0.113. The second kappa shape index (κ2) is 8.95. The molecule has 176 valence electrons. The maximum atomic E-state index is 13.1. The lowest BCUT2D eigenvalue weighted by Crippen LogP contribution is -2.50. The number of piperazine rings is 1. The summed E-state index contributed by atoms with van der Waals surface area (Å²) in [7, 11) is 0.776. The summed E-state index contributed by atoms with van der Waals surface area (Å²) in [4.78, 5) is 14.9. The van der Waals surface area contributed by atoms with E-state index < -0.39 is 10.0 Å². The van der Waals surface area contributed by atoms with Gasteiger partial charge < -0.3 is 23.5 Å². The standard InChI is InChI=1S/C23H26N2O7S/c1-15-18-13-16(29-2)5-7-19(18)32-22(15)23(26)24-9-11-25(12-10-24)33(27,28)17-6-8-20(30-3)21(14-17)31-4/h5-8,13-14H,9-12H2,1-4H3. The van der Waals surface area contributed by atoms with Crippen LogP contribution in [0.25, 0.3) is 11.0 Å². The zero-order valence-electron chi connectivity index (χ0n) is 19.0. The average Bonchev–Trinajstić information content (AvgIpc) is 3.18. The largest absolute Gasteiger partial charge is 0.497 e. The van der Waals surface area contributed by atoms with E-state index in [1.807, 2.05) is 13.0 Å². The van der Waals surface area contributed by atoms with Gasteiger partial charge in [0.1, 0.15) is 11.3 Å². The van der Waals surface area contributed by atoms with Crippen molar-refractivity contribution in [2.45, 2.75) is 11.8 Å². The summed E-state index contributed by atoms with van der Waals surface area (Å²) in [5.41, 5.74) is 1.33. The van der Waals surface area contributed by atoms with E-state index in [0.29, 0.717) is 22.8 Å². The van der Waals surface area contributed by atoms with Crippen LogP contribution in [0.3, 0.4) is 0 Å². The summed E-state index contributed by atoms with van der Waals surface area (Å²) in [6, 6.07) is 9.87. The predicted octanol–water partition coefficient (Wildman–Crippen LogP) is 2.91. The van der Waals surface area contributed by atoms with Gasteiger partial charge in [0.2, 0.25) is 10.0 Å². The summed E-state index contributed by atoms with van der Waals surface area (Å²) in [5.74, 6) is 1.47. The molecule has 0 spiro atoms. The second-order valence-corrected chi connectivity index (χ2v) is 9.57. The first kappa shape index (κ1) is 22.9. The number of aryl methyl sites for hydroxylation is 1. The van der Waals surface area contributed by atoms with Gasteiger partial charge in [-0.2, -0.15) is 4.31 Å². The number of carbonyl (C=O) groups is 1. The van der Waals surface area contributed by atoms with Gasteiger partial charge >= 0.3 is 0 Å². The van der Waals surface area contributed by atoms with Crippen LogP contribution < -0.4 is 14.2 Å². The van der Waals surface area contributed by atoms with E-state index >= 15 is 0 Å². The molecule has 3 aromatic rings. The van der Waals surface area contributed by atoms with E-state index in [2.05, 4.69) is 0 Å². The lowest BCUT2D eigenvalue weighted by Gasteiger charge is -2.33. The Morgan fingerprint density at radius 2 is 1.61 bits per heavy atom. The number of sulfonamides is 1. The first-order chi connectivity index (χ1) is 15.8. The molecule has 1 saturated heterocycles. The Morgan fingerprint density at radius 3 is 2.24 bits per heavy atom. The number of fused-ring (bicyclic) bond motifs is 1. The zero-order chi connectivity index (χ0) is 23.8. The van der Waals surface area contributed by atoms with E-state index in [0.717, 1.165) is 10.9 Å². The molecule has 10 heteroatoms. The molecule has 0 N–H and O–H groups in total. The summed E-state index contributed by atoms with van der Waals surface area (Å²) in [6.45, 7) is 2.69. The van der Waals surface area contributed by atoms with E-state index in [4.69, 9.17) is 18.6 Å². The topological polar surface area (TPSA) is 98.5 Å². The molecule has 2 heterocycles. The molecule has 4 rings (SSSR count). The molecule has 0 bridgehead atoms. The third-order valence-electron chi connectivity index (χ3n) is 5.86. The van der Waals surface area contributed by atoms with Crippen molar-refractivity contribution in [3.8, 4) is 17.2 Å². The summed E-state index contributed by atoms with van der Waals surface area (Å²) < 4.78 is 49.1. The van der Waals surface area contributed by atoms with Crippen LogP contribution in [-0.2, 0) is 10.0 Å². The number of ether oxygens (including phenoxy) is 3. The first-order valence-electron chi connectivity index (χ1n) is 10.4. The van der Waals surface area contributed by atoms with Crippen molar-refractivity contribution in [3.05, 3.63) is 47.7 Å². The molecule has 0 aliphatic carbocycles. The lowest BCUT2D eigenvalue weighted by atomic mass is 10.1. The third-order valence-corrected chi connectivity index (χ3v) is 7.75. The SMILES string of the molecule is COc1ccc2oc(C(=O)N3CCN(S(=O)(=O)c4ccc(OC)c(OC)c4)CC3)c(C)c2c1. The second-order valence-electron chi connectivity index (χ2n) is 7.63. The number of carbonyl (C=O) groups excluding carboxylic acids is 1. The van der Waals surface area contributed by atoms with Crippen LogP contribution in [0, 0.1) is 6.92 Å². The average molecular weight is 475 g/mol. The van der Waals surface area contributed by atoms with Crippen molar-refractivity contribution in [2.75, 3.05) is 47.5 Å². The zero-order valence-corrected chi connectivity index (χ0v) is 19.8. The first-order valence-corrected chi connectivity index (χ1v) is 11.8. The molecule has 1 aromatic heterocycles. The van der Waals surface area contributed by atoms with E-state index in [1.54, 1.807) is 30.2 Å². The van der Waals surface area contributed by atoms with Gasteiger partial charge in [-0.15, -0.1) is 0 Å². The van der Waals surface area contributed by atoms with E-state index in [-0.39, 0.29) is 42.7 Å². The Labute approximate surface area is 192 Å². The van der Waals surface area contributed by atoms with E-state index in [9.17, 15) is 13.2 Å². The molecule has 33 heavy (non-hydrogen) atoms. The molecule has 1 fully saturated rings. The summed E-state index contributed by atoms with van der Waals surface area (Å²) in [6.07, 6.45) is 0. The van der Waals surface area contributed by atoms with Gasteiger partial charge in [-0.1, -0.05) is 0 Å².